The summed E-state index contributed by atoms with van der Waals surface area (Å²) < 4.78 is 6.05. The average molecular weight is 355 g/mol. The highest BCUT2D eigenvalue weighted by Crippen LogP contribution is 2.32. The van der Waals surface area contributed by atoms with Gasteiger partial charge in [-0.15, -0.1) is 0 Å². The first-order valence-electron chi connectivity index (χ1n) is 8.50. The SMILES string of the molecule is CCN1C[C@H](CN(C)C(=O)c2ccc([N+](=O)[O-])cc2)Oc2ccccc21. The summed E-state index contributed by atoms with van der Waals surface area (Å²) in [6, 6.07) is 13.5. The predicted molar refractivity (Wildman–Crippen MR) is 98.8 cm³/mol. The first-order chi connectivity index (χ1) is 12.5. The Hall–Kier alpha value is -3.09. The maximum absolute atomic E-state index is 12.6. The van der Waals surface area contributed by atoms with Crippen LogP contribution in [0.25, 0.3) is 0 Å². The first-order valence-corrected chi connectivity index (χ1v) is 8.50. The standard InChI is InChI=1S/C19H21N3O4/c1-3-21-13-16(26-18-7-5-4-6-17(18)21)12-20(2)19(23)14-8-10-15(11-9-14)22(24)25/h4-11,16H,3,12-13H2,1-2H3/t16-/m0/s1. The number of non-ortho nitro benzene ring substituents is 1. The van der Waals surface area contributed by atoms with Crippen LogP contribution in [0.4, 0.5) is 11.4 Å². The van der Waals surface area contributed by atoms with E-state index in [1.54, 1.807) is 11.9 Å². The number of nitro benzene ring substituents is 1. The topological polar surface area (TPSA) is 75.9 Å². The van der Waals surface area contributed by atoms with E-state index >= 15 is 0 Å². The van der Waals surface area contributed by atoms with Gasteiger partial charge in [0.05, 0.1) is 23.7 Å². The second-order valence-electron chi connectivity index (χ2n) is 6.24. The van der Waals surface area contributed by atoms with Gasteiger partial charge in [-0.1, -0.05) is 12.1 Å². The van der Waals surface area contributed by atoms with Gasteiger partial charge in [0, 0.05) is 31.3 Å². The van der Waals surface area contributed by atoms with E-state index in [0.717, 1.165) is 18.0 Å². The number of amides is 1. The molecule has 26 heavy (non-hydrogen) atoms. The Bertz CT molecular complexity index is 807. The monoisotopic (exact) mass is 355 g/mol. The second-order valence-corrected chi connectivity index (χ2v) is 6.24. The van der Waals surface area contributed by atoms with Crippen LogP contribution in [-0.4, -0.2) is 48.5 Å². The van der Waals surface area contributed by atoms with E-state index in [1.165, 1.54) is 24.3 Å². The van der Waals surface area contributed by atoms with Crippen LogP contribution in [0, 0.1) is 10.1 Å². The summed E-state index contributed by atoms with van der Waals surface area (Å²) in [5.74, 6) is 0.632. The fourth-order valence-corrected chi connectivity index (χ4v) is 3.11. The van der Waals surface area contributed by atoms with Crippen molar-refractivity contribution in [3.05, 3.63) is 64.2 Å². The van der Waals surface area contributed by atoms with E-state index in [4.69, 9.17) is 4.74 Å². The molecule has 2 aromatic carbocycles. The normalized spacial score (nSPS) is 15.8. The third kappa shape index (κ3) is 3.61. The highest BCUT2D eigenvalue weighted by atomic mass is 16.6. The van der Waals surface area contributed by atoms with Gasteiger partial charge in [0.25, 0.3) is 11.6 Å². The van der Waals surface area contributed by atoms with E-state index in [1.807, 2.05) is 24.3 Å². The van der Waals surface area contributed by atoms with Gasteiger partial charge in [0.1, 0.15) is 11.9 Å². The summed E-state index contributed by atoms with van der Waals surface area (Å²) in [5, 5.41) is 10.7. The molecule has 0 bridgehead atoms. The van der Waals surface area contributed by atoms with Crippen LogP contribution >= 0.6 is 0 Å². The molecule has 1 aliphatic rings. The molecule has 0 saturated heterocycles. The fourth-order valence-electron chi connectivity index (χ4n) is 3.11. The number of likely N-dealkylation sites (N-methyl/N-ethyl adjacent to an activating group) is 2. The number of nitrogens with zero attached hydrogens (tertiary/aromatic N) is 3. The van der Waals surface area contributed by atoms with E-state index in [9.17, 15) is 14.9 Å². The highest BCUT2D eigenvalue weighted by Gasteiger charge is 2.27. The summed E-state index contributed by atoms with van der Waals surface area (Å²) in [6.45, 7) is 4.08. The second kappa shape index (κ2) is 7.43. The quantitative estimate of drug-likeness (QED) is 0.609. The third-order valence-corrected chi connectivity index (χ3v) is 4.45. The lowest BCUT2D eigenvalue weighted by Crippen LogP contribution is -2.46. The molecule has 1 amide bonds. The number of benzene rings is 2. The molecule has 0 aromatic heterocycles. The number of hydrogen-bond donors (Lipinski definition) is 0. The Kier molecular flexibility index (Phi) is 5.06. The Balaban J connectivity index is 1.68. The van der Waals surface area contributed by atoms with Crippen molar-refractivity contribution in [2.75, 3.05) is 31.6 Å². The van der Waals surface area contributed by atoms with Crippen molar-refractivity contribution in [3.8, 4) is 5.75 Å². The maximum atomic E-state index is 12.6. The van der Waals surface area contributed by atoms with Crippen LogP contribution in [0.1, 0.15) is 17.3 Å². The van der Waals surface area contributed by atoms with Gasteiger partial charge in [-0.25, -0.2) is 0 Å². The van der Waals surface area contributed by atoms with E-state index in [0.29, 0.717) is 18.7 Å². The minimum absolute atomic E-state index is 0.0324. The first kappa shape index (κ1) is 17.7. The van der Waals surface area contributed by atoms with Crippen LogP contribution in [0.5, 0.6) is 5.75 Å². The Labute approximate surface area is 151 Å². The van der Waals surface area contributed by atoms with E-state index in [2.05, 4.69) is 11.8 Å². The van der Waals surface area contributed by atoms with Crippen molar-refractivity contribution in [1.82, 2.24) is 4.90 Å². The zero-order valence-corrected chi connectivity index (χ0v) is 14.8. The maximum Gasteiger partial charge on any atom is 0.269 e. The summed E-state index contributed by atoms with van der Waals surface area (Å²) in [7, 11) is 1.71. The highest BCUT2D eigenvalue weighted by molar-refractivity contribution is 5.94. The third-order valence-electron chi connectivity index (χ3n) is 4.45. The van der Waals surface area contributed by atoms with Crippen LogP contribution < -0.4 is 9.64 Å². The van der Waals surface area contributed by atoms with Gasteiger partial charge >= 0.3 is 0 Å². The molecule has 0 spiro atoms. The molecule has 0 saturated carbocycles. The lowest BCUT2D eigenvalue weighted by Gasteiger charge is -2.37. The number of fused-ring (bicyclic) bond motifs is 1. The number of carbonyl (C=O) groups is 1. The van der Waals surface area contributed by atoms with Gasteiger partial charge in [-0.2, -0.15) is 0 Å². The fraction of sp³-hybridized carbons (Fsp3) is 0.316. The number of hydrogen-bond acceptors (Lipinski definition) is 5. The van der Waals surface area contributed by atoms with Crippen LogP contribution in [-0.2, 0) is 0 Å². The molecule has 0 aliphatic carbocycles. The number of ether oxygens (including phenoxy) is 1. The molecule has 7 heteroatoms. The Morgan fingerprint density at radius 1 is 1.27 bits per heavy atom. The van der Waals surface area contributed by atoms with Gasteiger partial charge in [-0.3, -0.25) is 14.9 Å². The lowest BCUT2D eigenvalue weighted by atomic mass is 10.1. The summed E-state index contributed by atoms with van der Waals surface area (Å²) in [4.78, 5) is 26.6. The Morgan fingerprint density at radius 3 is 2.62 bits per heavy atom. The zero-order chi connectivity index (χ0) is 18.7. The van der Waals surface area contributed by atoms with Crippen LogP contribution in [0.15, 0.2) is 48.5 Å². The van der Waals surface area contributed by atoms with Crippen molar-refractivity contribution < 1.29 is 14.5 Å². The molecule has 136 valence electrons. The smallest absolute Gasteiger partial charge is 0.269 e. The number of anilines is 1. The minimum atomic E-state index is -0.482. The molecule has 0 radical (unpaired) electrons. The van der Waals surface area contributed by atoms with Crippen molar-refractivity contribution in [3.63, 3.8) is 0 Å². The van der Waals surface area contributed by atoms with E-state index < -0.39 is 4.92 Å². The molecule has 7 nitrogen and oxygen atoms in total. The largest absolute Gasteiger partial charge is 0.485 e. The van der Waals surface area contributed by atoms with Gasteiger partial charge in [-0.05, 0) is 31.2 Å². The average Bonchev–Trinajstić information content (AvgIpc) is 2.66. The van der Waals surface area contributed by atoms with Gasteiger partial charge in [0.2, 0.25) is 0 Å². The molecular weight excluding hydrogens is 334 g/mol. The molecular formula is C19H21N3O4. The molecule has 1 aliphatic heterocycles. The lowest BCUT2D eigenvalue weighted by molar-refractivity contribution is -0.384. The molecule has 2 aromatic rings. The molecule has 1 heterocycles. The van der Waals surface area contributed by atoms with Crippen molar-refractivity contribution in [2.45, 2.75) is 13.0 Å². The molecule has 0 unspecified atom stereocenters. The Morgan fingerprint density at radius 2 is 1.96 bits per heavy atom. The van der Waals surface area contributed by atoms with Crippen LogP contribution in [0.2, 0.25) is 0 Å². The van der Waals surface area contributed by atoms with E-state index in [-0.39, 0.29) is 17.7 Å². The minimum Gasteiger partial charge on any atom is -0.485 e. The predicted octanol–water partition coefficient (Wildman–Crippen LogP) is 2.95. The molecule has 0 N–H and O–H groups in total. The van der Waals surface area contributed by atoms with Gasteiger partial charge in [0.15, 0.2) is 0 Å². The van der Waals surface area contributed by atoms with Crippen molar-refractivity contribution >= 4 is 17.3 Å². The molecule has 0 fully saturated rings. The number of rotatable bonds is 5. The number of nitro groups is 1. The molecule has 1 atom stereocenters. The number of para-hydroxylation sites is 2. The zero-order valence-electron chi connectivity index (χ0n) is 14.8. The van der Waals surface area contributed by atoms with Gasteiger partial charge < -0.3 is 14.5 Å². The molecule has 3 rings (SSSR count). The van der Waals surface area contributed by atoms with Crippen molar-refractivity contribution in [1.29, 1.82) is 0 Å². The summed E-state index contributed by atoms with van der Waals surface area (Å²) in [5.41, 5.74) is 1.45. The van der Waals surface area contributed by atoms with Crippen LogP contribution in [0.3, 0.4) is 0 Å². The summed E-state index contributed by atoms with van der Waals surface area (Å²) in [6.07, 6.45) is -0.142. The van der Waals surface area contributed by atoms with Crippen molar-refractivity contribution in [2.24, 2.45) is 0 Å². The summed E-state index contributed by atoms with van der Waals surface area (Å²) >= 11 is 0. The number of carbonyl (C=O) groups excluding carboxylic acids is 1.